The van der Waals surface area contributed by atoms with E-state index in [4.69, 9.17) is 10.5 Å². The third-order valence-corrected chi connectivity index (χ3v) is 2.88. The molecule has 3 nitrogen and oxygen atoms in total. The Morgan fingerprint density at radius 2 is 1.84 bits per heavy atom. The molecule has 0 heterocycles. The monoisotopic (exact) mass is 253 g/mol. The molecule has 0 aliphatic heterocycles. The lowest BCUT2D eigenvalue weighted by molar-refractivity contribution is 0.321. The van der Waals surface area contributed by atoms with E-state index in [-0.39, 0.29) is 5.57 Å². The van der Waals surface area contributed by atoms with Gasteiger partial charge in [0.15, 0.2) is 0 Å². The average molecular weight is 253 g/mol. The highest BCUT2D eigenvalue weighted by atomic mass is 15.1. The van der Waals surface area contributed by atoms with Gasteiger partial charge in [-0.05, 0) is 37.2 Å². The normalized spacial score (nSPS) is 9.74. The molecule has 0 saturated heterocycles. The van der Waals surface area contributed by atoms with Gasteiger partial charge in [0.25, 0.3) is 0 Å². The fourth-order valence-electron chi connectivity index (χ4n) is 1.79. The maximum Gasteiger partial charge on any atom is 0.130 e. The molecule has 98 valence electrons. The molecule has 0 fully saturated rings. The standard InChI is InChI=1S/C16H19N3/c1-3-4-9-19(2)13-15-7-5-14(6-8-15)10-16(11-17)12-18/h5-8,10H,3-4,9,13H2,1-2H3. The molecule has 0 amide bonds. The van der Waals surface area contributed by atoms with Crippen molar-refractivity contribution >= 4 is 6.08 Å². The van der Waals surface area contributed by atoms with Crippen molar-refractivity contribution in [1.29, 1.82) is 10.5 Å². The third-order valence-electron chi connectivity index (χ3n) is 2.88. The van der Waals surface area contributed by atoms with Crippen LogP contribution in [0.4, 0.5) is 0 Å². The van der Waals surface area contributed by atoms with E-state index in [9.17, 15) is 0 Å². The van der Waals surface area contributed by atoms with Crippen molar-refractivity contribution in [1.82, 2.24) is 4.90 Å². The van der Waals surface area contributed by atoms with Gasteiger partial charge in [0.2, 0.25) is 0 Å². The van der Waals surface area contributed by atoms with Crippen LogP contribution in [0.25, 0.3) is 6.08 Å². The van der Waals surface area contributed by atoms with Crippen molar-refractivity contribution in [2.75, 3.05) is 13.6 Å². The molecule has 0 bridgehead atoms. The molecule has 0 aliphatic carbocycles. The zero-order valence-corrected chi connectivity index (χ0v) is 11.6. The minimum absolute atomic E-state index is 0.132. The summed E-state index contributed by atoms with van der Waals surface area (Å²) in [6, 6.07) is 11.7. The Labute approximate surface area is 115 Å². The summed E-state index contributed by atoms with van der Waals surface area (Å²) in [5.41, 5.74) is 2.26. The Kier molecular flexibility index (Phi) is 6.36. The maximum atomic E-state index is 8.70. The van der Waals surface area contributed by atoms with Crippen LogP contribution >= 0.6 is 0 Å². The Balaban J connectivity index is 2.65. The minimum Gasteiger partial charge on any atom is -0.302 e. The molecule has 0 unspecified atom stereocenters. The number of rotatable bonds is 6. The first-order valence-corrected chi connectivity index (χ1v) is 6.49. The lowest BCUT2D eigenvalue weighted by Crippen LogP contribution is -2.18. The van der Waals surface area contributed by atoms with Crippen LogP contribution in [0, 0.1) is 22.7 Å². The van der Waals surface area contributed by atoms with Crippen LogP contribution in [0.15, 0.2) is 29.8 Å². The van der Waals surface area contributed by atoms with Crippen LogP contribution in [0.1, 0.15) is 30.9 Å². The zero-order valence-electron chi connectivity index (χ0n) is 11.6. The van der Waals surface area contributed by atoms with Crippen molar-refractivity contribution in [2.24, 2.45) is 0 Å². The number of nitriles is 2. The first-order chi connectivity index (χ1) is 9.19. The van der Waals surface area contributed by atoms with Gasteiger partial charge in [0, 0.05) is 6.54 Å². The van der Waals surface area contributed by atoms with Crippen molar-refractivity contribution < 1.29 is 0 Å². The second-order valence-electron chi connectivity index (χ2n) is 4.61. The molecule has 1 aromatic rings. The molecular formula is C16H19N3. The third kappa shape index (κ3) is 5.38. The number of hydrogen-bond donors (Lipinski definition) is 0. The highest BCUT2D eigenvalue weighted by Gasteiger charge is 2.00. The van der Waals surface area contributed by atoms with Crippen LogP contribution in [0.5, 0.6) is 0 Å². The molecule has 0 saturated carbocycles. The molecule has 19 heavy (non-hydrogen) atoms. The van der Waals surface area contributed by atoms with E-state index in [1.807, 2.05) is 36.4 Å². The quantitative estimate of drug-likeness (QED) is 0.730. The topological polar surface area (TPSA) is 50.8 Å². The van der Waals surface area contributed by atoms with Gasteiger partial charge in [-0.2, -0.15) is 10.5 Å². The second kappa shape index (κ2) is 8.08. The lowest BCUT2D eigenvalue weighted by Gasteiger charge is -2.16. The summed E-state index contributed by atoms with van der Waals surface area (Å²) in [6.07, 6.45) is 4.02. The van der Waals surface area contributed by atoms with Gasteiger partial charge < -0.3 is 4.90 Å². The molecule has 3 heteroatoms. The highest BCUT2D eigenvalue weighted by molar-refractivity contribution is 5.61. The molecule has 1 aromatic carbocycles. The molecule has 0 N–H and O–H groups in total. The van der Waals surface area contributed by atoms with Crippen molar-refractivity contribution in [3.63, 3.8) is 0 Å². The number of benzene rings is 1. The summed E-state index contributed by atoms with van der Waals surface area (Å²) in [7, 11) is 2.12. The van der Waals surface area contributed by atoms with Crippen LogP contribution in [-0.4, -0.2) is 18.5 Å². The fourth-order valence-corrected chi connectivity index (χ4v) is 1.79. The predicted molar refractivity (Wildman–Crippen MR) is 76.9 cm³/mol. The minimum atomic E-state index is 0.132. The van der Waals surface area contributed by atoms with E-state index in [1.165, 1.54) is 18.4 Å². The van der Waals surface area contributed by atoms with E-state index < -0.39 is 0 Å². The summed E-state index contributed by atoms with van der Waals surface area (Å²) >= 11 is 0. The SMILES string of the molecule is CCCCN(C)Cc1ccc(C=C(C#N)C#N)cc1. The van der Waals surface area contributed by atoms with Gasteiger partial charge in [-0.1, -0.05) is 37.6 Å². The summed E-state index contributed by atoms with van der Waals surface area (Å²) in [6.45, 7) is 4.22. The highest BCUT2D eigenvalue weighted by Crippen LogP contribution is 2.10. The summed E-state index contributed by atoms with van der Waals surface area (Å²) in [5.74, 6) is 0. The van der Waals surface area contributed by atoms with Crippen LogP contribution < -0.4 is 0 Å². The van der Waals surface area contributed by atoms with E-state index >= 15 is 0 Å². The molecule has 0 aliphatic rings. The van der Waals surface area contributed by atoms with Crippen LogP contribution in [0.2, 0.25) is 0 Å². The van der Waals surface area contributed by atoms with E-state index in [0.717, 1.165) is 18.7 Å². The van der Waals surface area contributed by atoms with Crippen LogP contribution in [-0.2, 0) is 6.54 Å². The lowest BCUT2D eigenvalue weighted by atomic mass is 10.1. The number of nitrogens with zero attached hydrogens (tertiary/aromatic N) is 3. The molecule has 0 spiro atoms. The van der Waals surface area contributed by atoms with Gasteiger partial charge in [0.1, 0.15) is 17.7 Å². The fraction of sp³-hybridized carbons (Fsp3) is 0.375. The van der Waals surface area contributed by atoms with E-state index in [0.29, 0.717) is 0 Å². The summed E-state index contributed by atoms with van der Waals surface area (Å²) < 4.78 is 0. The Bertz CT molecular complexity index is 484. The molecule has 0 aromatic heterocycles. The van der Waals surface area contributed by atoms with Crippen molar-refractivity contribution in [3.05, 3.63) is 41.0 Å². The molecule has 0 radical (unpaired) electrons. The van der Waals surface area contributed by atoms with Crippen molar-refractivity contribution in [3.8, 4) is 12.1 Å². The van der Waals surface area contributed by atoms with Crippen molar-refractivity contribution in [2.45, 2.75) is 26.3 Å². The number of unbranched alkanes of at least 4 members (excludes halogenated alkanes) is 1. The van der Waals surface area contributed by atoms with Gasteiger partial charge >= 0.3 is 0 Å². The van der Waals surface area contributed by atoms with Gasteiger partial charge in [-0.15, -0.1) is 0 Å². The molecule has 1 rings (SSSR count). The number of hydrogen-bond acceptors (Lipinski definition) is 3. The second-order valence-corrected chi connectivity index (χ2v) is 4.61. The van der Waals surface area contributed by atoms with E-state index in [1.54, 1.807) is 6.08 Å². The summed E-state index contributed by atoms with van der Waals surface area (Å²) in [5, 5.41) is 17.4. The average Bonchev–Trinajstić information content (AvgIpc) is 2.44. The largest absolute Gasteiger partial charge is 0.302 e. The maximum absolute atomic E-state index is 8.70. The zero-order chi connectivity index (χ0) is 14.1. The predicted octanol–water partition coefficient (Wildman–Crippen LogP) is 3.35. The van der Waals surface area contributed by atoms with Gasteiger partial charge in [0.05, 0.1) is 0 Å². The summed E-state index contributed by atoms with van der Waals surface area (Å²) in [4.78, 5) is 2.30. The van der Waals surface area contributed by atoms with Crippen LogP contribution in [0.3, 0.4) is 0 Å². The first kappa shape index (κ1) is 15.0. The van der Waals surface area contributed by atoms with E-state index in [2.05, 4.69) is 18.9 Å². The van der Waals surface area contributed by atoms with Gasteiger partial charge in [-0.3, -0.25) is 0 Å². The Morgan fingerprint density at radius 3 is 2.37 bits per heavy atom. The Morgan fingerprint density at radius 1 is 1.21 bits per heavy atom. The molecular weight excluding hydrogens is 234 g/mol. The smallest absolute Gasteiger partial charge is 0.130 e. The molecule has 0 atom stereocenters. The Hall–Kier alpha value is -2.10. The van der Waals surface area contributed by atoms with Gasteiger partial charge in [-0.25, -0.2) is 0 Å². The number of allylic oxidation sites excluding steroid dienone is 1. The first-order valence-electron chi connectivity index (χ1n) is 6.49.